The highest BCUT2D eigenvalue weighted by molar-refractivity contribution is 5.50. The summed E-state index contributed by atoms with van der Waals surface area (Å²) in [7, 11) is 2.19. The zero-order valence-corrected chi connectivity index (χ0v) is 11.4. The fourth-order valence-electron chi connectivity index (χ4n) is 3.14. The van der Waals surface area contributed by atoms with Crippen molar-refractivity contribution in [1.82, 2.24) is 0 Å². The second-order valence-electron chi connectivity index (χ2n) is 5.29. The molecule has 0 bridgehead atoms. The maximum atomic E-state index is 8.83. The second-order valence-corrected chi connectivity index (χ2v) is 5.29. The van der Waals surface area contributed by atoms with E-state index in [1.807, 2.05) is 12.1 Å². The first-order valence-electron chi connectivity index (χ1n) is 6.99. The third-order valence-electron chi connectivity index (χ3n) is 4.29. The van der Waals surface area contributed by atoms with Crippen LogP contribution >= 0.6 is 0 Å². The van der Waals surface area contributed by atoms with Crippen LogP contribution in [0.4, 0.5) is 5.69 Å². The Morgan fingerprint density at radius 3 is 2.50 bits per heavy atom. The lowest BCUT2D eigenvalue weighted by Crippen LogP contribution is -2.39. The molecule has 18 heavy (non-hydrogen) atoms. The Morgan fingerprint density at radius 1 is 1.22 bits per heavy atom. The van der Waals surface area contributed by atoms with Crippen LogP contribution in [0.5, 0.6) is 0 Å². The molecule has 2 atom stereocenters. The molecule has 1 aliphatic carbocycles. The molecule has 1 fully saturated rings. The molecule has 1 saturated carbocycles. The van der Waals surface area contributed by atoms with Gasteiger partial charge in [0.25, 0.3) is 0 Å². The summed E-state index contributed by atoms with van der Waals surface area (Å²) in [5.41, 5.74) is 1.97. The number of hydrogen-bond acceptors (Lipinski definition) is 2. The molecule has 1 aliphatic rings. The quantitative estimate of drug-likeness (QED) is 0.802. The highest BCUT2D eigenvalue weighted by Crippen LogP contribution is 2.32. The molecule has 0 heterocycles. The highest BCUT2D eigenvalue weighted by Gasteiger charge is 2.27. The van der Waals surface area contributed by atoms with E-state index in [9.17, 15) is 0 Å². The van der Waals surface area contributed by atoms with Gasteiger partial charge < -0.3 is 4.90 Å². The van der Waals surface area contributed by atoms with E-state index < -0.39 is 0 Å². The number of hydrogen-bond donors (Lipinski definition) is 0. The molecule has 1 aromatic carbocycles. The predicted octanol–water partition coefficient (Wildman–Crippen LogP) is 3.96. The van der Waals surface area contributed by atoms with Gasteiger partial charge >= 0.3 is 0 Å². The zero-order valence-electron chi connectivity index (χ0n) is 11.4. The molecule has 0 amide bonds. The molecule has 0 spiro atoms. The normalized spacial score (nSPS) is 23.4. The topological polar surface area (TPSA) is 27.0 Å². The first-order valence-corrected chi connectivity index (χ1v) is 6.99. The van der Waals surface area contributed by atoms with Crippen LogP contribution in [-0.4, -0.2) is 13.1 Å². The van der Waals surface area contributed by atoms with Crippen LogP contribution in [-0.2, 0) is 0 Å². The van der Waals surface area contributed by atoms with Gasteiger partial charge in [-0.05, 0) is 43.0 Å². The molecule has 2 rings (SSSR count). The van der Waals surface area contributed by atoms with Crippen molar-refractivity contribution in [3.8, 4) is 6.07 Å². The predicted molar refractivity (Wildman–Crippen MR) is 75.6 cm³/mol. The summed E-state index contributed by atoms with van der Waals surface area (Å²) in [4.78, 5) is 2.41. The third kappa shape index (κ3) is 2.67. The van der Waals surface area contributed by atoms with Crippen LogP contribution in [0, 0.1) is 17.2 Å². The molecular formula is C16H22N2. The van der Waals surface area contributed by atoms with Gasteiger partial charge in [0.2, 0.25) is 0 Å². The summed E-state index contributed by atoms with van der Waals surface area (Å²) in [5, 5.41) is 8.83. The average Bonchev–Trinajstić information content (AvgIpc) is 2.46. The molecular weight excluding hydrogens is 220 g/mol. The van der Waals surface area contributed by atoms with Gasteiger partial charge in [0, 0.05) is 18.8 Å². The molecule has 2 heteroatoms. The molecule has 1 aromatic rings. The molecule has 0 saturated heterocycles. The van der Waals surface area contributed by atoms with E-state index in [0.29, 0.717) is 6.04 Å². The average molecular weight is 242 g/mol. The second kappa shape index (κ2) is 5.91. The highest BCUT2D eigenvalue weighted by atomic mass is 15.1. The third-order valence-corrected chi connectivity index (χ3v) is 4.29. The van der Waals surface area contributed by atoms with Crippen LogP contribution in [0.3, 0.4) is 0 Å². The number of nitriles is 1. The van der Waals surface area contributed by atoms with E-state index in [4.69, 9.17) is 5.26 Å². The van der Waals surface area contributed by atoms with Crippen LogP contribution in [0.15, 0.2) is 24.3 Å². The minimum Gasteiger partial charge on any atom is -0.371 e. The minimum atomic E-state index is 0.664. The molecule has 2 unspecified atom stereocenters. The van der Waals surface area contributed by atoms with E-state index in [-0.39, 0.29) is 0 Å². The Morgan fingerprint density at radius 2 is 1.89 bits per heavy atom. The van der Waals surface area contributed by atoms with Gasteiger partial charge in [0.05, 0.1) is 11.6 Å². The number of benzene rings is 1. The summed E-state index contributed by atoms with van der Waals surface area (Å²) in [6.07, 6.45) is 6.67. The van der Waals surface area contributed by atoms with Crippen molar-refractivity contribution in [2.24, 2.45) is 5.92 Å². The Labute approximate surface area is 110 Å². The Bertz CT molecular complexity index is 416. The molecule has 0 radical (unpaired) electrons. The summed E-state index contributed by atoms with van der Waals surface area (Å²) < 4.78 is 0. The lowest BCUT2D eigenvalue weighted by atomic mass is 9.82. The fourth-order valence-corrected chi connectivity index (χ4v) is 3.14. The van der Waals surface area contributed by atoms with Gasteiger partial charge in [-0.15, -0.1) is 0 Å². The van der Waals surface area contributed by atoms with Crippen molar-refractivity contribution in [2.75, 3.05) is 11.9 Å². The van der Waals surface area contributed by atoms with E-state index in [2.05, 4.69) is 37.1 Å². The molecule has 0 aromatic heterocycles. The van der Waals surface area contributed by atoms with Gasteiger partial charge in [0.15, 0.2) is 0 Å². The minimum absolute atomic E-state index is 0.664. The molecule has 0 N–H and O–H groups in total. The van der Waals surface area contributed by atoms with Crippen LogP contribution in [0.25, 0.3) is 0 Å². The number of anilines is 1. The molecule has 0 aliphatic heterocycles. The van der Waals surface area contributed by atoms with Crippen LogP contribution in [0.1, 0.15) is 44.6 Å². The van der Waals surface area contributed by atoms with Gasteiger partial charge in [0.1, 0.15) is 0 Å². The Balaban J connectivity index is 2.13. The van der Waals surface area contributed by atoms with Crippen molar-refractivity contribution < 1.29 is 0 Å². The molecule has 2 nitrogen and oxygen atoms in total. The van der Waals surface area contributed by atoms with E-state index in [1.165, 1.54) is 37.8 Å². The van der Waals surface area contributed by atoms with E-state index in [1.54, 1.807) is 0 Å². The first kappa shape index (κ1) is 13.0. The lowest BCUT2D eigenvalue weighted by Gasteiger charge is -2.39. The monoisotopic (exact) mass is 242 g/mol. The SMILES string of the molecule is CCC1CCCCC1N(C)c1ccc(C#N)cc1. The number of nitrogens with zero attached hydrogens (tertiary/aromatic N) is 2. The Kier molecular flexibility index (Phi) is 4.25. The van der Waals surface area contributed by atoms with Crippen molar-refractivity contribution in [3.05, 3.63) is 29.8 Å². The maximum absolute atomic E-state index is 8.83. The summed E-state index contributed by atoms with van der Waals surface area (Å²) in [5.74, 6) is 0.819. The Hall–Kier alpha value is -1.49. The van der Waals surface area contributed by atoms with Crippen molar-refractivity contribution >= 4 is 5.69 Å². The standard InChI is InChI=1S/C16H22N2/c1-3-14-6-4-5-7-16(14)18(2)15-10-8-13(12-17)9-11-15/h8-11,14,16H,3-7H2,1-2H3. The van der Waals surface area contributed by atoms with Crippen molar-refractivity contribution in [2.45, 2.75) is 45.1 Å². The van der Waals surface area contributed by atoms with Gasteiger partial charge in [-0.25, -0.2) is 0 Å². The van der Waals surface area contributed by atoms with Crippen LogP contribution < -0.4 is 4.90 Å². The lowest BCUT2D eigenvalue weighted by molar-refractivity contribution is 0.292. The summed E-state index contributed by atoms with van der Waals surface area (Å²) >= 11 is 0. The zero-order chi connectivity index (χ0) is 13.0. The van der Waals surface area contributed by atoms with Gasteiger partial charge in [-0.2, -0.15) is 5.26 Å². The van der Waals surface area contributed by atoms with E-state index >= 15 is 0 Å². The van der Waals surface area contributed by atoms with Crippen molar-refractivity contribution in [3.63, 3.8) is 0 Å². The van der Waals surface area contributed by atoms with Crippen molar-refractivity contribution in [1.29, 1.82) is 5.26 Å². The first-order chi connectivity index (χ1) is 8.76. The van der Waals surface area contributed by atoms with Gasteiger partial charge in [-0.1, -0.05) is 26.2 Å². The van der Waals surface area contributed by atoms with Gasteiger partial charge in [-0.3, -0.25) is 0 Å². The van der Waals surface area contributed by atoms with E-state index in [0.717, 1.165) is 11.5 Å². The smallest absolute Gasteiger partial charge is 0.0991 e. The number of rotatable bonds is 3. The summed E-state index contributed by atoms with van der Waals surface area (Å²) in [6, 6.07) is 10.8. The fraction of sp³-hybridized carbons (Fsp3) is 0.562. The summed E-state index contributed by atoms with van der Waals surface area (Å²) in [6.45, 7) is 2.30. The molecule has 96 valence electrons. The maximum Gasteiger partial charge on any atom is 0.0991 e. The largest absolute Gasteiger partial charge is 0.371 e. The van der Waals surface area contributed by atoms with Crippen LogP contribution in [0.2, 0.25) is 0 Å².